The van der Waals surface area contributed by atoms with Gasteiger partial charge in [-0.3, -0.25) is 4.79 Å². The fourth-order valence-corrected chi connectivity index (χ4v) is 1.99. The second kappa shape index (κ2) is 7.26. The zero-order valence-electron chi connectivity index (χ0n) is 11.7. The van der Waals surface area contributed by atoms with Crippen LogP contribution in [0.5, 0.6) is 5.75 Å². The molecule has 0 aromatic heterocycles. The van der Waals surface area contributed by atoms with Crippen LogP contribution in [0.2, 0.25) is 0 Å². The number of phenolic OH excluding ortho intramolecular Hbond substituents is 1. The number of halogens is 1. The molecule has 20 heavy (non-hydrogen) atoms. The van der Waals surface area contributed by atoms with E-state index in [1.54, 1.807) is 6.92 Å². The predicted octanol–water partition coefficient (Wildman–Crippen LogP) is 1.27. The number of carbonyl (C=O) groups excluding carboxylic acids is 1. The van der Waals surface area contributed by atoms with Crippen molar-refractivity contribution in [3.05, 3.63) is 23.5 Å². The third-order valence-electron chi connectivity index (χ3n) is 2.68. The smallest absolute Gasteiger partial charge is 0.492 e. The molecule has 1 aliphatic rings. The van der Waals surface area contributed by atoms with E-state index in [1.165, 1.54) is 6.07 Å². The van der Waals surface area contributed by atoms with Gasteiger partial charge in [0.25, 0.3) is 0 Å². The lowest BCUT2D eigenvalue weighted by atomic mass is 9.79. The van der Waals surface area contributed by atoms with Gasteiger partial charge < -0.3 is 19.5 Å². The highest BCUT2D eigenvalue weighted by Crippen LogP contribution is 2.31. The fraction of sp³-hybridized carbons (Fsp3) is 0.462. The Morgan fingerprint density at radius 3 is 2.75 bits per heavy atom. The summed E-state index contributed by atoms with van der Waals surface area (Å²) in [6.45, 7) is 5.88. The standard InChI is InChI=1S/C11H12BFO5.C2H6/c1-2-17-10(15)5-9-11-7(12(16)18-9)3-6(14)4-8(11)13;1-2/h3-4,9,14,16H,2,5H2,1H3;1-2H3. The monoisotopic (exact) mass is 284 g/mol. The van der Waals surface area contributed by atoms with Crippen LogP contribution in [0.25, 0.3) is 0 Å². The molecule has 0 fully saturated rings. The molecular formula is C13H18BFO5. The Balaban J connectivity index is 0.000000956. The molecule has 1 aromatic carbocycles. The number of fused-ring (bicyclic) bond motifs is 1. The predicted molar refractivity (Wildman–Crippen MR) is 72.1 cm³/mol. The highest BCUT2D eigenvalue weighted by Gasteiger charge is 2.39. The summed E-state index contributed by atoms with van der Waals surface area (Å²) in [5.41, 5.74) is 0.232. The summed E-state index contributed by atoms with van der Waals surface area (Å²) in [5, 5.41) is 18.8. The number of aromatic hydroxyl groups is 1. The average Bonchev–Trinajstić information content (AvgIpc) is 2.69. The Morgan fingerprint density at radius 1 is 1.50 bits per heavy atom. The molecule has 1 atom stereocenters. The van der Waals surface area contributed by atoms with E-state index < -0.39 is 25.0 Å². The van der Waals surface area contributed by atoms with Crippen molar-refractivity contribution in [1.29, 1.82) is 0 Å². The van der Waals surface area contributed by atoms with Crippen LogP contribution in [0.4, 0.5) is 4.39 Å². The number of hydrogen-bond acceptors (Lipinski definition) is 5. The molecule has 1 heterocycles. The van der Waals surface area contributed by atoms with Gasteiger partial charge in [-0.05, 0) is 18.5 Å². The van der Waals surface area contributed by atoms with Crippen molar-refractivity contribution in [2.45, 2.75) is 33.3 Å². The maximum Gasteiger partial charge on any atom is 0.492 e. The Morgan fingerprint density at radius 2 is 2.15 bits per heavy atom. The number of ether oxygens (including phenoxy) is 1. The van der Waals surface area contributed by atoms with Gasteiger partial charge >= 0.3 is 13.1 Å². The summed E-state index contributed by atoms with van der Waals surface area (Å²) in [5.74, 6) is -1.54. The van der Waals surface area contributed by atoms with Gasteiger partial charge in [-0.1, -0.05) is 13.8 Å². The highest BCUT2D eigenvalue weighted by molar-refractivity contribution is 6.61. The minimum absolute atomic E-state index is 0.0911. The van der Waals surface area contributed by atoms with E-state index in [0.717, 1.165) is 6.07 Å². The lowest BCUT2D eigenvalue weighted by Crippen LogP contribution is -2.28. The van der Waals surface area contributed by atoms with E-state index in [0.29, 0.717) is 0 Å². The van der Waals surface area contributed by atoms with Gasteiger partial charge in [0.15, 0.2) is 0 Å². The van der Waals surface area contributed by atoms with Gasteiger partial charge in [-0.15, -0.1) is 0 Å². The maximum absolute atomic E-state index is 13.7. The number of rotatable bonds is 3. The molecule has 0 saturated heterocycles. The average molecular weight is 284 g/mol. The van der Waals surface area contributed by atoms with Crippen molar-refractivity contribution in [2.75, 3.05) is 6.61 Å². The molecule has 1 aromatic rings. The largest absolute Gasteiger partial charge is 0.508 e. The Kier molecular flexibility index (Phi) is 5.97. The summed E-state index contributed by atoms with van der Waals surface area (Å²) in [6, 6.07) is 2.13. The summed E-state index contributed by atoms with van der Waals surface area (Å²) < 4.78 is 23.5. The van der Waals surface area contributed by atoms with Gasteiger partial charge in [-0.25, -0.2) is 4.39 Å². The number of esters is 1. The van der Waals surface area contributed by atoms with Gasteiger partial charge in [0.1, 0.15) is 11.6 Å². The first-order valence-corrected chi connectivity index (χ1v) is 6.54. The Hall–Kier alpha value is -1.60. The second-order valence-corrected chi connectivity index (χ2v) is 3.92. The van der Waals surface area contributed by atoms with E-state index in [2.05, 4.69) is 0 Å². The van der Waals surface area contributed by atoms with E-state index in [4.69, 9.17) is 9.39 Å². The lowest BCUT2D eigenvalue weighted by Gasteiger charge is -2.12. The summed E-state index contributed by atoms with van der Waals surface area (Å²) in [4.78, 5) is 11.3. The molecule has 2 rings (SSSR count). The quantitative estimate of drug-likeness (QED) is 0.645. The molecule has 0 radical (unpaired) electrons. The topological polar surface area (TPSA) is 76.0 Å². The normalized spacial score (nSPS) is 16.2. The molecular weight excluding hydrogens is 266 g/mol. The SMILES string of the molecule is CC.CCOC(=O)CC1OB(O)c2cc(O)cc(F)c21. The zero-order chi connectivity index (χ0) is 15.3. The summed E-state index contributed by atoms with van der Waals surface area (Å²) >= 11 is 0. The first-order chi connectivity index (χ1) is 9.52. The summed E-state index contributed by atoms with van der Waals surface area (Å²) in [6.07, 6.45) is -1.07. The van der Waals surface area contributed by atoms with Crippen molar-refractivity contribution in [3.63, 3.8) is 0 Å². The number of benzene rings is 1. The van der Waals surface area contributed by atoms with Crippen LogP contribution in [0.3, 0.4) is 0 Å². The first kappa shape index (κ1) is 16.5. The van der Waals surface area contributed by atoms with Crippen LogP contribution < -0.4 is 5.46 Å². The fourth-order valence-electron chi connectivity index (χ4n) is 1.99. The van der Waals surface area contributed by atoms with Gasteiger partial charge in [0.05, 0.1) is 19.1 Å². The van der Waals surface area contributed by atoms with Crippen LogP contribution in [0, 0.1) is 5.82 Å². The third-order valence-corrected chi connectivity index (χ3v) is 2.68. The molecule has 110 valence electrons. The van der Waals surface area contributed by atoms with Crippen molar-refractivity contribution >= 4 is 18.6 Å². The van der Waals surface area contributed by atoms with Crippen LogP contribution in [-0.2, 0) is 14.2 Å². The van der Waals surface area contributed by atoms with Crippen molar-refractivity contribution < 1.29 is 28.7 Å². The molecule has 0 saturated carbocycles. The van der Waals surface area contributed by atoms with E-state index in [1.807, 2.05) is 13.8 Å². The molecule has 5 nitrogen and oxygen atoms in total. The van der Waals surface area contributed by atoms with Crippen LogP contribution >= 0.6 is 0 Å². The van der Waals surface area contributed by atoms with E-state index in [-0.39, 0.29) is 29.8 Å². The summed E-state index contributed by atoms with van der Waals surface area (Å²) in [7, 11) is -1.35. The lowest BCUT2D eigenvalue weighted by molar-refractivity contribution is -0.145. The molecule has 1 unspecified atom stereocenters. The first-order valence-electron chi connectivity index (χ1n) is 6.54. The third kappa shape index (κ3) is 3.49. The Labute approximate surface area is 117 Å². The molecule has 1 aliphatic heterocycles. The van der Waals surface area contributed by atoms with Crippen LogP contribution in [-0.4, -0.2) is 29.8 Å². The molecule has 2 N–H and O–H groups in total. The molecule has 0 amide bonds. The van der Waals surface area contributed by atoms with Crippen molar-refractivity contribution in [1.82, 2.24) is 0 Å². The molecule has 0 aliphatic carbocycles. The number of phenols is 1. The highest BCUT2D eigenvalue weighted by atomic mass is 19.1. The molecule has 7 heteroatoms. The van der Waals surface area contributed by atoms with Gasteiger partial charge in [0.2, 0.25) is 0 Å². The second-order valence-electron chi connectivity index (χ2n) is 3.92. The minimum atomic E-state index is -1.35. The molecule has 0 spiro atoms. The minimum Gasteiger partial charge on any atom is -0.508 e. The van der Waals surface area contributed by atoms with Crippen molar-refractivity contribution in [3.8, 4) is 5.75 Å². The van der Waals surface area contributed by atoms with Gasteiger partial charge in [0, 0.05) is 11.6 Å². The van der Waals surface area contributed by atoms with E-state index >= 15 is 0 Å². The van der Waals surface area contributed by atoms with Crippen LogP contribution in [0.15, 0.2) is 12.1 Å². The van der Waals surface area contributed by atoms with E-state index in [9.17, 15) is 19.3 Å². The zero-order valence-corrected chi connectivity index (χ0v) is 11.7. The number of carbonyl (C=O) groups is 1. The van der Waals surface area contributed by atoms with Crippen LogP contribution in [0.1, 0.15) is 38.9 Å². The molecule has 0 bridgehead atoms. The Bertz CT molecular complexity index is 480. The van der Waals surface area contributed by atoms with Crippen molar-refractivity contribution in [2.24, 2.45) is 0 Å². The van der Waals surface area contributed by atoms with Gasteiger partial charge in [-0.2, -0.15) is 0 Å². The maximum atomic E-state index is 13.7. The number of hydrogen-bond donors (Lipinski definition) is 2.